The van der Waals surface area contributed by atoms with Gasteiger partial charge >= 0.3 is 0 Å². The summed E-state index contributed by atoms with van der Waals surface area (Å²) in [6, 6.07) is 21.1. The second-order valence-corrected chi connectivity index (χ2v) is 7.71. The molecule has 0 radical (unpaired) electrons. The van der Waals surface area contributed by atoms with E-state index in [1.165, 1.54) is 12.0 Å². The third-order valence-electron chi connectivity index (χ3n) is 5.59. The molecule has 172 valence electrons. The van der Waals surface area contributed by atoms with E-state index >= 15 is 0 Å². The van der Waals surface area contributed by atoms with Crippen molar-refractivity contribution in [2.75, 3.05) is 23.9 Å². The van der Waals surface area contributed by atoms with Crippen molar-refractivity contribution in [2.24, 2.45) is 0 Å². The Bertz CT molecular complexity index is 1220. The van der Waals surface area contributed by atoms with E-state index in [0.29, 0.717) is 17.1 Å². The zero-order valence-corrected chi connectivity index (χ0v) is 18.7. The van der Waals surface area contributed by atoms with Gasteiger partial charge in [-0.25, -0.2) is 0 Å². The first kappa shape index (κ1) is 22.7. The lowest BCUT2D eigenvalue weighted by Crippen LogP contribution is -2.50. The van der Waals surface area contributed by atoms with Crippen molar-refractivity contribution in [1.29, 1.82) is 0 Å². The van der Waals surface area contributed by atoms with Crippen LogP contribution in [0.1, 0.15) is 27.6 Å². The van der Waals surface area contributed by atoms with Gasteiger partial charge in [0.15, 0.2) is 0 Å². The molecule has 0 saturated carbocycles. The molecule has 4 amide bonds. The van der Waals surface area contributed by atoms with Crippen LogP contribution >= 0.6 is 0 Å². The molecule has 1 N–H and O–H groups in total. The molecule has 0 saturated heterocycles. The van der Waals surface area contributed by atoms with Gasteiger partial charge in [-0.3, -0.25) is 29.0 Å². The van der Waals surface area contributed by atoms with E-state index in [1.54, 1.807) is 79.7 Å². The number of fused-ring (bicyclic) bond motifs is 1. The average molecular weight is 457 g/mol. The molecule has 4 rings (SSSR count). The lowest BCUT2D eigenvalue weighted by molar-refractivity contribution is -0.123. The Morgan fingerprint density at radius 2 is 1.44 bits per heavy atom. The highest BCUT2D eigenvalue weighted by Crippen LogP contribution is 2.31. The fourth-order valence-corrected chi connectivity index (χ4v) is 3.87. The van der Waals surface area contributed by atoms with Gasteiger partial charge in [0.1, 0.15) is 18.3 Å². The van der Waals surface area contributed by atoms with Gasteiger partial charge in [0.2, 0.25) is 11.8 Å². The van der Waals surface area contributed by atoms with Gasteiger partial charge in [-0.15, -0.1) is 0 Å². The Morgan fingerprint density at radius 3 is 2.06 bits per heavy atom. The lowest BCUT2D eigenvalue weighted by Gasteiger charge is -2.31. The number of nitrogens with zero attached hydrogens (tertiary/aromatic N) is 2. The maximum Gasteiger partial charge on any atom is 0.262 e. The van der Waals surface area contributed by atoms with Crippen LogP contribution in [0.5, 0.6) is 5.75 Å². The standard InChI is InChI=1S/C26H23N3O5/c1-17(24(31)27-18-10-4-3-5-11-18)29(21-14-8-9-15-22(21)34-2)23(30)16-28-25(32)19-12-6-7-13-20(19)26(28)33/h3-15,17H,16H2,1-2H3,(H,27,31). The summed E-state index contributed by atoms with van der Waals surface area (Å²) < 4.78 is 5.41. The predicted octanol–water partition coefficient (Wildman–Crippen LogP) is 3.35. The number of hydrogen-bond donors (Lipinski definition) is 1. The van der Waals surface area contributed by atoms with E-state index in [2.05, 4.69) is 5.32 Å². The van der Waals surface area contributed by atoms with Gasteiger partial charge in [-0.05, 0) is 43.3 Å². The number of benzene rings is 3. The van der Waals surface area contributed by atoms with Crippen molar-refractivity contribution in [1.82, 2.24) is 4.90 Å². The van der Waals surface area contributed by atoms with E-state index in [0.717, 1.165) is 4.90 Å². The van der Waals surface area contributed by atoms with Crippen LogP contribution in [0.4, 0.5) is 11.4 Å². The van der Waals surface area contributed by atoms with E-state index in [-0.39, 0.29) is 11.1 Å². The maximum atomic E-state index is 13.6. The Hall–Kier alpha value is -4.46. The minimum absolute atomic E-state index is 0.249. The Morgan fingerprint density at radius 1 is 0.882 bits per heavy atom. The van der Waals surface area contributed by atoms with Gasteiger partial charge in [-0.2, -0.15) is 0 Å². The molecule has 0 fully saturated rings. The summed E-state index contributed by atoms with van der Waals surface area (Å²) in [4.78, 5) is 54.4. The van der Waals surface area contributed by atoms with E-state index in [4.69, 9.17) is 4.74 Å². The lowest BCUT2D eigenvalue weighted by atomic mass is 10.1. The highest BCUT2D eigenvalue weighted by atomic mass is 16.5. The summed E-state index contributed by atoms with van der Waals surface area (Å²) in [6.07, 6.45) is 0. The van der Waals surface area contributed by atoms with Gasteiger partial charge < -0.3 is 10.1 Å². The summed E-state index contributed by atoms with van der Waals surface area (Å²) in [5.41, 5.74) is 1.42. The molecule has 0 bridgehead atoms. The number of carbonyl (C=O) groups excluding carboxylic acids is 4. The summed E-state index contributed by atoms with van der Waals surface area (Å²) in [7, 11) is 1.46. The largest absolute Gasteiger partial charge is 0.495 e. The predicted molar refractivity (Wildman–Crippen MR) is 127 cm³/mol. The van der Waals surface area contributed by atoms with E-state index in [1.807, 2.05) is 6.07 Å². The topological polar surface area (TPSA) is 96.0 Å². The van der Waals surface area contributed by atoms with Crippen molar-refractivity contribution in [2.45, 2.75) is 13.0 Å². The summed E-state index contributed by atoms with van der Waals surface area (Å²) >= 11 is 0. The first-order chi connectivity index (χ1) is 16.4. The third-order valence-corrected chi connectivity index (χ3v) is 5.59. The molecule has 34 heavy (non-hydrogen) atoms. The van der Waals surface area contributed by atoms with Gasteiger partial charge in [-0.1, -0.05) is 42.5 Å². The first-order valence-corrected chi connectivity index (χ1v) is 10.7. The number of methoxy groups -OCH3 is 1. The quantitative estimate of drug-likeness (QED) is 0.549. The van der Waals surface area contributed by atoms with E-state index in [9.17, 15) is 19.2 Å². The van der Waals surface area contributed by atoms with Crippen LogP contribution in [0.2, 0.25) is 0 Å². The zero-order valence-electron chi connectivity index (χ0n) is 18.7. The molecule has 0 aromatic heterocycles. The minimum atomic E-state index is -0.973. The van der Waals surface area contributed by atoms with Crippen LogP contribution in [-0.4, -0.2) is 48.2 Å². The van der Waals surface area contributed by atoms with Crippen molar-refractivity contribution < 1.29 is 23.9 Å². The molecule has 1 unspecified atom stereocenters. The highest BCUT2D eigenvalue weighted by molar-refractivity contribution is 6.23. The van der Waals surface area contributed by atoms with Crippen molar-refractivity contribution in [3.63, 3.8) is 0 Å². The van der Waals surface area contributed by atoms with Gasteiger partial charge in [0.25, 0.3) is 11.8 Å². The second-order valence-electron chi connectivity index (χ2n) is 7.71. The normalized spacial score (nSPS) is 13.3. The number of carbonyl (C=O) groups is 4. The molecule has 3 aromatic carbocycles. The van der Waals surface area contributed by atoms with Crippen LogP contribution in [0, 0.1) is 0 Å². The number of nitrogens with one attached hydrogen (secondary N) is 1. The molecule has 3 aromatic rings. The average Bonchev–Trinajstić information content (AvgIpc) is 3.10. The number of ether oxygens (including phenoxy) is 1. The molecule has 0 aliphatic carbocycles. The fraction of sp³-hybridized carbons (Fsp3) is 0.154. The second kappa shape index (κ2) is 9.58. The summed E-state index contributed by atoms with van der Waals surface area (Å²) in [6.45, 7) is 1.05. The molecule has 8 nitrogen and oxygen atoms in total. The molecular weight excluding hydrogens is 434 g/mol. The number of imide groups is 1. The van der Waals surface area contributed by atoms with Crippen molar-refractivity contribution >= 4 is 35.0 Å². The van der Waals surface area contributed by atoms with Crippen LogP contribution in [0.15, 0.2) is 78.9 Å². The summed E-state index contributed by atoms with van der Waals surface area (Å²) in [5.74, 6) is -1.76. The van der Waals surface area contributed by atoms with E-state index < -0.39 is 36.2 Å². The molecule has 0 spiro atoms. The van der Waals surface area contributed by atoms with Crippen LogP contribution < -0.4 is 15.0 Å². The van der Waals surface area contributed by atoms with Crippen LogP contribution in [0.25, 0.3) is 0 Å². The van der Waals surface area contributed by atoms with Gasteiger partial charge in [0.05, 0.1) is 23.9 Å². The smallest absolute Gasteiger partial charge is 0.262 e. The molecule has 1 heterocycles. The molecular formula is C26H23N3O5. The van der Waals surface area contributed by atoms with Crippen molar-refractivity contribution in [3.05, 3.63) is 90.0 Å². The number of anilines is 2. The van der Waals surface area contributed by atoms with Gasteiger partial charge in [0, 0.05) is 5.69 Å². The fourth-order valence-electron chi connectivity index (χ4n) is 3.87. The highest BCUT2D eigenvalue weighted by Gasteiger charge is 2.39. The summed E-state index contributed by atoms with van der Waals surface area (Å²) in [5, 5.41) is 2.79. The van der Waals surface area contributed by atoms with Crippen LogP contribution in [-0.2, 0) is 9.59 Å². The number of para-hydroxylation sites is 3. The number of rotatable bonds is 7. The molecule has 1 atom stereocenters. The Kier molecular flexibility index (Phi) is 6.40. The Balaban J connectivity index is 1.64. The number of amides is 4. The van der Waals surface area contributed by atoms with Crippen LogP contribution in [0.3, 0.4) is 0 Å². The first-order valence-electron chi connectivity index (χ1n) is 10.7. The molecule has 8 heteroatoms. The maximum absolute atomic E-state index is 13.6. The third kappa shape index (κ3) is 4.25. The zero-order chi connectivity index (χ0) is 24.2. The molecule has 1 aliphatic heterocycles. The number of hydrogen-bond acceptors (Lipinski definition) is 5. The Labute approximate surface area is 196 Å². The van der Waals surface area contributed by atoms with Crippen molar-refractivity contribution in [3.8, 4) is 5.75 Å². The molecule has 1 aliphatic rings. The SMILES string of the molecule is COc1ccccc1N(C(=O)CN1C(=O)c2ccccc2C1=O)C(C)C(=O)Nc1ccccc1. The monoisotopic (exact) mass is 457 g/mol. The minimum Gasteiger partial charge on any atom is -0.495 e.